The minimum atomic E-state index is 0.138. The Hall–Kier alpha value is -1.18. The van der Waals surface area contributed by atoms with Gasteiger partial charge in [-0.15, -0.1) is 0 Å². The highest BCUT2D eigenvalue weighted by atomic mass is 16.1. The van der Waals surface area contributed by atoms with Gasteiger partial charge in [-0.1, -0.05) is 13.8 Å². The maximum absolute atomic E-state index is 11.9. The van der Waals surface area contributed by atoms with E-state index in [-0.39, 0.29) is 5.92 Å². The van der Waals surface area contributed by atoms with E-state index in [4.69, 9.17) is 0 Å². The molecular formula is C16H24NO+. The minimum Gasteiger partial charge on any atom is -0.299 e. The van der Waals surface area contributed by atoms with Gasteiger partial charge in [0.05, 0.1) is 0 Å². The summed E-state index contributed by atoms with van der Waals surface area (Å²) < 4.78 is 2.37. The number of nitrogens with zero attached hydrogens (tertiary/aromatic N) is 1. The number of hydrogen-bond acceptors (Lipinski definition) is 1. The number of aromatic nitrogens is 1. The van der Waals surface area contributed by atoms with Gasteiger partial charge in [0, 0.05) is 30.4 Å². The van der Waals surface area contributed by atoms with Gasteiger partial charge in [-0.3, -0.25) is 4.79 Å². The normalized spacial score (nSPS) is 14.3. The molecule has 98 valence electrons. The first-order chi connectivity index (χ1) is 8.50. The molecule has 0 aromatic carbocycles. The molecule has 0 amide bonds. The molecule has 1 aromatic rings. The number of rotatable bonds is 4. The summed E-state index contributed by atoms with van der Waals surface area (Å²) in [5.41, 5.74) is 4.16. The van der Waals surface area contributed by atoms with Crippen LogP contribution in [-0.4, -0.2) is 5.78 Å². The van der Waals surface area contributed by atoms with Crippen LogP contribution in [0.2, 0.25) is 0 Å². The number of hydrogen-bond donors (Lipinski definition) is 0. The van der Waals surface area contributed by atoms with Crippen LogP contribution in [0.1, 0.15) is 57.0 Å². The van der Waals surface area contributed by atoms with Gasteiger partial charge >= 0.3 is 0 Å². The molecule has 2 nitrogen and oxygen atoms in total. The highest BCUT2D eigenvalue weighted by Crippen LogP contribution is 2.24. The van der Waals surface area contributed by atoms with Crippen LogP contribution in [0.25, 0.3) is 0 Å². The first kappa shape index (κ1) is 13.3. The van der Waals surface area contributed by atoms with Gasteiger partial charge in [0.15, 0.2) is 17.9 Å². The van der Waals surface area contributed by atoms with E-state index >= 15 is 0 Å². The summed E-state index contributed by atoms with van der Waals surface area (Å²) in [6, 6.07) is 2.66. The summed E-state index contributed by atoms with van der Waals surface area (Å²) >= 11 is 0. The quantitative estimate of drug-likeness (QED) is 0.748. The summed E-state index contributed by atoms with van der Waals surface area (Å²) in [6.45, 7) is 8.41. The van der Waals surface area contributed by atoms with Gasteiger partial charge in [0.25, 0.3) is 0 Å². The molecule has 0 fully saturated rings. The molecule has 0 saturated heterocycles. The average molecular weight is 246 g/mol. The van der Waals surface area contributed by atoms with E-state index in [1.807, 2.05) is 13.8 Å². The van der Waals surface area contributed by atoms with Crippen molar-refractivity contribution in [3.63, 3.8) is 0 Å². The number of carbonyl (C=O) groups excluding carboxylic acids is 1. The summed E-state index contributed by atoms with van der Waals surface area (Å²) in [7, 11) is 0. The van der Waals surface area contributed by atoms with Crippen LogP contribution >= 0.6 is 0 Å². The largest absolute Gasteiger partial charge is 0.299 e. The highest BCUT2D eigenvalue weighted by molar-refractivity contribution is 5.82. The summed E-state index contributed by atoms with van der Waals surface area (Å²) in [4.78, 5) is 11.9. The molecule has 0 radical (unpaired) electrons. The van der Waals surface area contributed by atoms with Crippen molar-refractivity contribution in [3.8, 4) is 0 Å². The van der Waals surface area contributed by atoms with Crippen LogP contribution < -0.4 is 4.57 Å². The SMILES string of the molecule is CC(C)C(=O)Cc1cc[n+](C(C)C)c2c1CCC2. The molecule has 1 aliphatic rings. The molecule has 1 aromatic heterocycles. The van der Waals surface area contributed by atoms with E-state index in [0.29, 0.717) is 18.2 Å². The molecule has 2 rings (SSSR count). The predicted molar refractivity (Wildman–Crippen MR) is 72.6 cm³/mol. The monoisotopic (exact) mass is 246 g/mol. The molecule has 0 atom stereocenters. The van der Waals surface area contributed by atoms with Gasteiger partial charge in [0.2, 0.25) is 0 Å². The molecule has 0 saturated carbocycles. The van der Waals surface area contributed by atoms with Crippen LogP contribution in [0.15, 0.2) is 12.3 Å². The Morgan fingerprint density at radius 3 is 2.61 bits per heavy atom. The standard InChI is InChI=1S/C16H24NO/c1-11(2)16(18)10-13-8-9-17(12(3)4)15-7-5-6-14(13)15/h8-9,11-12H,5-7,10H2,1-4H3/q+1. The fourth-order valence-corrected chi connectivity index (χ4v) is 2.76. The topological polar surface area (TPSA) is 20.9 Å². The van der Waals surface area contributed by atoms with Gasteiger partial charge < -0.3 is 0 Å². The number of pyridine rings is 1. The molecule has 1 heterocycles. The Bertz CT molecular complexity index is 460. The van der Waals surface area contributed by atoms with E-state index in [9.17, 15) is 4.79 Å². The molecule has 1 aliphatic carbocycles. The van der Waals surface area contributed by atoms with E-state index < -0.39 is 0 Å². The van der Waals surface area contributed by atoms with Crippen molar-refractivity contribution in [2.45, 2.75) is 59.4 Å². The minimum absolute atomic E-state index is 0.138. The number of fused-ring (bicyclic) bond motifs is 1. The molecule has 0 bridgehead atoms. The first-order valence-electron chi connectivity index (χ1n) is 7.08. The van der Waals surface area contributed by atoms with Gasteiger partial charge in [-0.25, -0.2) is 4.57 Å². The van der Waals surface area contributed by atoms with Crippen LogP contribution in [0.5, 0.6) is 0 Å². The van der Waals surface area contributed by atoms with Crippen molar-refractivity contribution < 1.29 is 9.36 Å². The smallest absolute Gasteiger partial charge is 0.185 e. The summed E-state index contributed by atoms with van der Waals surface area (Å²) in [5.74, 6) is 0.492. The average Bonchev–Trinajstić information content (AvgIpc) is 2.77. The molecule has 0 spiro atoms. The Morgan fingerprint density at radius 2 is 2.00 bits per heavy atom. The second-order valence-corrected chi connectivity index (χ2v) is 5.92. The van der Waals surface area contributed by atoms with E-state index in [1.54, 1.807) is 0 Å². The van der Waals surface area contributed by atoms with Crippen LogP contribution in [0.4, 0.5) is 0 Å². The maximum Gasteiger partial charge on any atom is 0.185 e. The fourth-order valence-electron chi connectivity index (χ4n) is 2.76. The molecule has 18 heavy (non-hydrogen) atoms. The Labute approximate surface area is 110 Å². The molecule has 0 aliphatic heterocycles. The zero-order valence-electron chi connectivity index (χ0n) is 12.0. The lowest BCUT2D eigenvalue weighted by atomic mass is 9.97. The van der Waals surface area contributed by atoms with Gasteiger partial charge in [-0.2, -0.15) is 0 Å². The van der Waals surface area contributed by atoms with Crippen LogP contribution in [0, 0.1) is 5.92 Å². The van der Waals surface area contributed by atoms with Gasteiger partial charge in [-0.05, 0) is 32.3 Å². The predicted octanol–water partition coefficient (Wildman–Crippen LogP) is 2.81. The zero-order valence-corrected chi connectivity index (χ0v) is 12.0. The summed E-state index contributed by atoms with van der Waals surface area (Å²) in [5, 5.41) is 0. The third kappa shape index (κ3) is 2.47. The fraction of sp³-hybridized carbons (Fsp3) is 0.625. The van der Waals surface area contributed by atoms with E-state index in [0.717, 1.165) is 12.8 Å². The van der Waals surface area contributed by atoms with E-state index in [2.05, 4.69) is 30.7 Å². The zero-order chi connectivity index (χ0) is 13.3. The van der Waals surface area contributed by atoms with Crippen molar-refractivity contribution in [2.75, 3.05) is 0 Å². The number of ketones is 1. The highest BCUT2D eigenvalue weighted by Gasteiger charge is 2.27. The molecule has 2 heteroatoms. The second-order valence-electron chi connectivity index (χ2n) is 5.92. The van der Waals surface area contributed by atoms with Crippen molar-refractivity contribution in [1.29, 1.82) is 0 Å². The third-order valence-corrected chi connectivity index (χ3v) is 3.89. The van der Waals surface area contributed by atoms with Gasteiger partial charge in [0.1, 0.15) is 5.78 Å². The Morgan fingerprint density at radius 1 is 1.28 bits per heavy atom. The lowest BCUT2D eigenvalue weighted by molar-refractivity contribution is -0.722. The summed E-state index contributed by atoms with van der Waals surface area (Å²) in [6.07, 6.45) is 6.31. The molecular weight excluding hydrogens is 222 g/mol. The lowest BCUT2D eigenvalue weighted by Gasteiger charge is -2.11. The Balaban J connectivity index is 2.34. The number of carbonyl (C=O) groups is 1. The van der Waals surface area contributed by atoms with Crippen molar-refractivity contribution in [3.05, 3.63) is 29.1 Å². The van der Waals surface area contributed by atoms with E-state index in [1.165, 1.54) is 23.2 Å². The maximum atomic E-state index is 11.9. The molecule has 0 unspecified atom stereocenters. The van der Waals surface area contributed by atoms with Crippen molar-refractivity contribution >= 4 is 5.78 Å². The first-order valence-corrected chi connectivity index (χ1v) is 7.08. The second kappa shape index (κ2) is 5.21. The Kier molecular flexibility index (Phi) is 3.84. The van der Waals surface area contributed by atoms with Crippen LogP contribution in [0.3, 0.4) is 0 Å². The lowest BCUT2D eigenvalue weighted by Crippen LogP contribution is -2.40. The van der Waals surface area contributed by atoms with Crippen molar-refractivity contribution in [2.24, 2.45) is 5.92 Å². The number of Topliss-reactive ketones (excluding diaryl/α,β-unsaturated/α-hetero) is 1. The third-order valence-electron chi connectivity index (χ3n) is 3.89. The molecule has 0 N–H and O–H groups in total. The van der Waals surface area contributed by atoms with Crippen molar-refractivity contribution in [1.82, 2.24) is 0 Å². The van der Waals surface area contributed by atoms with Crippen LogP contribution in [-0.2, 0) is 24.1 Å².